The van der Waals surface area contributed by atoms with Crippen LogP contribution >= 0.6 is 0 Å². The fraction of sp³-hybridized carbons (Fsp3) is 0.333. The molecule has 0 aromatic carbocycles. The fourth-order valence-corrected chi connectivity index (χ4v) is 0.841. The molecule has 1 heterocycles. The normalized spacial score (nSPS) is 9.29. The minimum Gasteiger partial charge on any atom is -0.495 e. The molecule has 0 aliphatic rings. The Morgan fingerprint density at radius 3 is 2.79 bits per heavy atom. The van der Waals surface area contributed by atoms with Gasteiger partial charge in [0.1, 0.15) is 18.1 Å². The fourth-order valence-electron chi connectivity index (χ4n) is 0.841. The predicted molar refractivity (Wildman–Crippen MR) is 51.3 cm³/mol. The molecule has 0 saturated heterocycles. The lowest BCUT2D eigenvalue weighted by Gasteiger charge is -2.04. The van der Waals surface area contributed by atoms with Crippen LogP contribution in [0, 0.1) is 0 Å². The van der Waals surface area contributed by atoms with Gasteiger partial charge in [-0.15, -0.1) is 0 Å². The van der Waals surface area contributed by atoms with E-state index in [-0.39, 0.29) is 12.5 Å². The Labute approximate surface area is 82.0 Å². The lowest BCUT2D eigenvalue weighted by atomic mass is 10.4. The third-order valence-corrected chi connectivity index (χ3v) is 1.61. The van der Waals surface area contributed by atoms with Gasteiger partial charge in [-0.2, -0.15) is 0 Å². The minimum atomic E-state index is -0.331. The quantitative estimate of drug-likeness (QED) is 0.717. The molecule has 1 aromatic rings. The minimum absolute atomic E-state index is 0.107. The van der Waals surface area contributed by atoms with Gasteiger partial charge in [0.05, 0.1) is 20.4 Å². The number of nitrogens with one attached hydrogen (secondary N) is 1. The smallest absolute Gasteiger partial charge is 0.325 e. The van der Waals surface area contributed by atoms with Crippen LogP contribution in [0.4, 0.5) is 5.82 Å². The number of anilines is 1. The van der Waals surface area contributed by atoms with Crippen LogP contribution in [0.25, 0.3) is 0 Å². The van der Waals surface area contributed by atoms with E-state index >= 15 is 0 Å². The highest BCUT2D eigenvalue weighted by Crippen LogP contribution is 2.10. The molecule has 0 amide bonds. The lowest BCUT2D eigenvalue weighted by Crippen LogP contribution is -2.15. The molecule has 0 fully saturated rings. The van der Waals surface area contributed by atoms with Crippen LogP contribution in [0.3, 0.4) is 0 Å². The summed E-state index contributed by atoms with van der Waals surface area (Å²) in [5.41, 5.74) is 0. The maximum absolute atomic E-state index is 10.8. The van der Waals surface area contributed by atoms with Gasteiger partial charge in [-0.1, -0.05) is 0 Å². The Hall–Kier alpha value is -1.78. The number of hydrogen-bond acceptors (Lipinski definition) is 5. The van der Waals surface area contributed by atoms with E-state index in [0.29, 0.717) is 11.6 Å². The number of ether oxygens (including phenoxy) is 2. The van der Waals surface area contributed by atoms with E-state index < -0.39 is 0 Å². The molecular formula is C9H12N2O3. The average Bonchev–Trinajstić information content (AvgIpc) is 2.26. The lowest BCUT2D eigenvalue weighted by molar-refractivity contribution is -0.138. The van der Waals surface area contributed by atoms with Crippen molar-refractivity contribution in [3.05, 3.63) is 18.3 Å². The number of pyridine rings is 1. The van der Waals surface area contributed by atoms with E-state index in [1.54, 1.807) is 25.4 Å². The Bertz CT molecular complexity index is 297. The van der Waals surface area contributed by atoms with Gasteiger partial charge in [-0.25, -0.2) is 4.98 Å². The highest BCUT2D eigenvalue weighted by Gasteiger charge is 2.00. The molecule has 0 atom stereocenters. The number of carbonyl (C=O) groups is 1. The number of rotatable bonds is 4. The highest BCUT2D eigenvalue weighted by atomic mass is 16.5. The van der Waals surface area contributed by atoms with Crippen molar-refractivity contribution in [1.29, 1.82) is 0 Å². The Balaban J connectivity index is 2.47. The van der Waals surface area contributed by atoms with E-state index in [4.69, 9.17) is 4.74 Å². The number of hydrogen-bond donors (Lipinski definition) is 1. The first-order chi connectivity index (χ1) is 6.76. The summed E-state index contributed by atoms with van der Waals surface area (Å²) in [5, 5.41) is 2.81. The van der Waals surface area contributed by atoms with Crippen molar-refractivity contribution in [3.63, 3.8) is 0 Å². The first-order valence-electron chi connectivity index (χ1n) is 4.07. The zero-order chi connectivity index (χ0) is 10.4. The van der Waals surface area contributed by atoms with Crippen molar-refractivity contribution in [2.24, 2.45) is 0 Å². The van der Waals surface area contributed by atoms with Crippen LogP contribution in [0.15, 0.2) is 18.3 Å². The summed E-state index contributed by atoms with van der Waals surface area (Å²) in [6, 6.07) is 3.48. The van der Waals surface area contributed by atoms with Crippen molar-refractivity contribution < 1.29 is 14.3 Å². The largest absolute Gasteiger partial charge is 0.495 e. The summed E-state index contributed by atoms with van der Waals surface area (Å²) in [6.45, 7) is 0.107. The second-order valence-corrected chi connectivity index (χ2v) is 2.51. The number of carbonyl (C=O) groups excluding carboxylic acids is 1. The predicted octanol–water partition coefficient (Wildman–Crippen LogP) is 0.675. The van der Waals surface area contributed by atoms with Crippen molar-refractivity contribution in [3.8, 4) is 5.75 Å². The zero-order valence-corrected chi connectivity index (χ0v) is 8.11. The summed E-state index contributed by atoms with van der Waals surface area (Å²) in [5.74, 6) is 0.951. The first kappa shape index (κ1) is 10.3. The van der Waals surface area contributed by atoms with Crippen LogP contribution in [0.1, 0.15) is 0 Å². The number of esters is 1. The molecule has 5 nitrogen and oxygen atoms in total. The second-order valence-electron chi connectivity index (χ2n) is 2.51. The Morgan fingerprint density at radius 1 is 1.50 bits per heavy atom. The van der Waals surface area contributed by atoms with Gasteiger partial charge in [0.2, 0.25) is 0 Å². The van der Waals surface area contributed by atoms with E-state index in [1.165, 1.54) is 7.11 Å². The van der Waals surface area contributed by atoms with Crippen molar-refractivity contribution in [2.45, 2.75) is 0 Å². The van der Waals surface area contributed by atoms with Gasteiger partial charge >= 0.3 is 5.97 Å². The van der Waals surface area contributed by atoms with Gasteiger partial charge in [-0.3, -0.25) is 4.79 Å². The molecule has 1 aromatic heterocycles. The van der Waals surface area contributed by atoms with Gasteiger partial charge in [-0.05, 0) is 12.1 Å². The summed E-state index contributed by atoms with van der Waals surface area (Å²) in [7, 11) is 2.91. The van der Waals surface area contributed by atoms with Crippen LogP contribution in [-0.4, -0.2) is 31.7 Å². The van der Waals surface area contributed by atoms with Crippen molar-refractivity contribution in [1.82, 2.24) is 4.98 Å². The highest BCUT2D eigenvalue weighted by molar-refractivity contribution is 5.74. The molecular weight excluding hydrogens is 184 g/mol. The summed E-state index contributed by atoms with van der Waals surface area (Å²) >= 11 is 0. The second kappa shape index (κ2) is 5.06. The van der Waals surface area contributed by atoms with Crippen LogP contribution in [0.5, 0.6) is 5.75 Å². The molecule has 0 bridgehead atoms. The number of aromatic nitrogens is 1. The van der Waals surface area contributed by atoms with Crippen LogP contribution < -0.4 is 10.1 Å². The maximum atomic E-state index is 10.8. The zero-order valence-electron chi connectivity index (χ0n) is 8.11. The van der Waals surface area contributed by atoms with Gasteiger partial charge in [0.15, 0.2) is 0 Å². The molecule has 76 valence electrons. The molecule has 0 aliphatic heterocycles. The molecule has 0 spiro atoms. The van der Waals surface area contributed by atoms with E-state index in [9.17, 15) is 4.79 Å². The monoisotopic (exact) mass is 196 g/mol. The SMILES string of the molecule is COC(=O)CNc1ccc(OC)cn1. The van der Waals surface area contributed by atoms with Crippen molar-refractivity contribution >= 4 is 11.8 Å². The first-order valence-corrected chi connectivity index (χ1v) is 4.07. The topological polar surface area (TPSA) is 60.5 Å². The van der Waals surface area contributed by atoms with E-state index in [2.05, 4.69) is 15.0 Å². The number of methoxy groups -OCH3 is 2. The summed E-state index contributed by atoms with van der Waals surface area (Å²) < 4.78 is 9.40. The summed E-state index contributed by atoms with van der Waals surface area (Å²) in [6.07, 6.45) is 1.57. The van der Waals surface area contributed by atoms with Crippen LogP contribution in [0.2, 0.25) is 0 Å². The third kappa shape index (κ3) is 2.93. The molecule has 1 N–H and O–H groups in total. The van der Waals surface area contributed by atoms with Crippen LogP contribution in [-0.2, 0) is 9.53 Å². The molecule has 14 heavy (non-hydrogen) atoms. The Morgan fingerprint density at radius 2 is 2.29 bits per heavy atom. The molecule has 0 saturated carbocycles. The van der Waals surface area contributed by atoms with E-state index in [1.807, 2.05) is 0 Å². The van der Waals surface area contributed by atoms with Gasteiger partial charge in [0, 0.05) is 0 Å². The standard InChI is InChI=1S/C9H12N2O3/c1-13-7-3-4-8(10-5-7)11-6-9(12)14-2/h3-5H,6H2,1-2H3,(H,10,11). The molecule has 1 rings (SSSR count). The number of nitrogens with zero attached hydrogens (tertiary/aromatic N) is 1. The molecule has 5 heteroatoms. The van der Waals surface area contributed by atoms with Gasteiger partial charge < -0.3 is 14.8 Å². The van der Waals surface area contributed by atoms with Gasteiger partial charge in [0.25, 0.3) is 0 Å². The maximum Gasteiger partial charge on any atom is 0.325 e. The third-order valence-electron chi connectivity index (χ3n) is 1.61. The Kier molecular flexibility index (Phi) is 3.72. The summed E-state index contributed by atoms with van der Waals surface area (Å²) in [4.78, 5) is 14.8. The molecule has 0 aliphatic carbocycles. The van der Waals surface area contributed by atoms with E-state index in [0.717, 1.165) is 0 Å². The molecule has 0 radical (unpaired) electrons. The van der Waals surface area contributed by atoms with Crippen molar-refractivity contribution in [2.75, 3.05) is 26.1 Å². The molecule has 0 unspecified atom stereocenters. The average molecular weight is 196 g/mol.